The van der Waals surface area contributed by atoms with E-state index in [1.807, 2.05) is 18.5 Å². The van der Waals surface area contributed by atoms with E-state index in [1.165, 1.54) is 12.8 Å². The lowest BCUT2D eigenvalue weighted by Crippen LogP contribution is -2.37. The summed E-state index contributed by atoms with van der Waals surface area (Å²) in [6.07, 6.45) is 12.2. The van der Waals surface area contributed by atoms with Gasteiger partial charge in [-0.25, -0.2) is 9.97 Å². The minimum absolute atomic E-state index is 0.140. The number of ether oxygens (including phenoxy) is 2. The summed E-state index contributed by atoms with van der Waals surface area (Å²) < 4.78 is 11.9. The molecule has 2 aliphatic rings. The van der Waals surface area contributed by atoms with Gasteiger partial charge in [0.1, 0.15) is 6.10 Å². The molecule has 6 rings (SSSR count). The van der Waals surface area contributed by atoms with Gasteiger partial charge in [0, 0.05) is 47.0 Å². The fourth-order valence-corrected chi connectivity index (χ4v) is 4.26. The number of rotatable bonds is 7. The summed E-state index contributed by atoms with van der Waals surface area (Å²) in [4.78, 5) is 17.0. The highest BCUT2D eigenvalue weighted by Crippen LogP contribution is 2.33. The van der Waals surface area contributed by atoms with Gasteiger partial charge in [0.15, 0.2) is 0 Å². The number of aromatic amines is 1. The van der Waals surface area contributed by atoms with E-state index in [4.69, 9.17) is 14.5 Å². The van der Waals surface area contributed by atoms with Crippen molar-refractivity contribution in [2.24, 2.45) is 5.92 Å². The maximum absolute atomic E-state index is 6.08. The van der Waals surface area contributed by atoms with Crippen molar-refractivity contribution in [2.45, 2.75) is 31.8 Å². The van der Waals surface area contributed by atoms with Crippen molar-refractivity contribution in [1.29, 1.82) is 0 Å². The molecular formula is C26H27N5O2. The van der Waals surface area contributed by atoms with E-state index >= 15 is 0 Å². The van der Waals surface area contributed by atoms with Crippen LogP contribution in [0, 0.1) is 5.92 Å². The molecule has 0 spiro atoms. The molecule has 0 radical (unpaired) electrons. The molecule has 3 aromatic heterocycles. The maximum Gasteiger partial charge on any atom is 0.233 e. The van der Waals surface area contributed by atoms with Crippen LogP contribution in [0.1, 0.15) is 25.7 Å². The van der Waals surface area contributed by atoms with Crippen molar-refractivity contribution in [3.05, 3.63) is 55.1 Å². The number of nitrogens with zero attached hydrogens (tertiary/aromatic N) is 3. The van der Waals surface area contributed by atoms with Crippen LogP contribution in [-0.4, -0.2) is 45.7 Å². The Kier molecular flexibility index (Phi) is 5.40. The number of aromatic nitrogens is 4. The molecule has 2 fully saturated rings. The van der Waals surface area contributed by atoms with Crippen LogP contribution >= 0.6 is 0 Å². The molecular weight excluding hydrogens is 414 g/mol. The van der Waals surface area contributed by atoms with Crippen molar-refractivity contribution < 1.29 is 9.47 Å². The van der Waals surface area contributed by atoms with Crippen LogP contribution in [0.5, 0.6) is 11.8 Å². The normalized spacial score (nSPS) is 18.4. The third-order valence-corrected chi connectivity index (χ3v) is 6.34. The molecule has 1 aliphatic heterocycles. The van der Waals surface area contributed by atoms with Gasteiger partial charge in [0.25, 0.3) is 0 Å². The molecule has 0 unspecified atom stereocenters. The summed E-state index contributed by atoms with van der Waals surface area (Å²) in [5, 5.41) is 4.46. The lowest BCUT2D eigenvalue weighted by atomic mass is 10.0. The van der Waals surface area contributed by atoms with Crippen molar-refractivity contribution in [1.82, 2.24) is 25.3 Å². The fourth-order valence-electron chi connectivity index (χ4n) is 4.26. The zero-order valence-electron chi connectivity index (χ0n) is 18.5. The molecule has 0 bridgehead atoms. The van der Waals surface area contributed by atoms with Gasteiger partial charge < -0.3 is 19.8 Å². The predicted molar refractivity (Wildman–Crippen MR) is 127 cm³/mol. The lowest BCUT2D eigenvalue weighted by Gasteiger charge is -2.23. The highest BCUT2D eigenvalue weighted by atomic mass is 16.5. The molecule has 1 aromatic carbocycles. The van der Waals surface area contributed by atoms with Crippen LogP contribution < -0.4 is 14.8 Å². The Morgan fingerprint density at radius 2 is 1.91 bits per heavy atom. The first kappa shape index (κ1) is 20.2. The fraction of sp³-hybridized carbons (Fsp3) is 0.346. The van der Waals surface area contributed by atoms with Crippen LogP contribution in [0.2, 0.25) is 0 Å². The Labute approximate surface area is 192 Å². The molecule has 4 heterocycles. The largest absolute Gasteiger partial charge is 0.477 e. The zero-order valence-corrected chi connectivity index (χ0v) is 18.5. The molecule has 4 aromatic rings. The first-order chi connectivity index (χ1) is 16.3. The van der Waals surface area contributed by atoms with Gasteiger partial charge >= 0.3 is 0 Å². The van der Waals surface area contributed by atoms with Crippen LogP contribution in [0.4, 0.5) is 0 Å². The Hall–Kier alpha value is -3.45. The first-order valence-corrected chi connectivity index (χ1v) is 11.7. The number of hydrogen-bond acceptors (Lipinski definition) is 6. The SMILES string of the molecule is c1cc(OCC2CC2)ncc1-c1ccc2[nH]cc(-c3cncc(O[C@@H]4CCCNC4)n3)c2c1. The summed E-state index contributed by atoms with van der Waals surface area (Å²) in [5.41, 5.74) is 5.00. The van der Waals surface area contributed by atoms with Gasteiger partial charge in [-0.1, -0.05) is 6.07 Å². The third kappa shape index (κ3) is 4.54. The molecule has 33 heavy (non-hydrogen) atoms. The summed E-state index contributed by atoms with van der Waals surface area (Å²) in [7, 11) is 0. The first-order valence-electron chi connectivity index (χ1n) is 11.7. The van der Waals surface area contributed by atoms with Crippen LogP contribution in [0.25, 0.3) is 33.3 Å². The van der Waals surface area contributed by atoms with Gasteiger partial charge in [-0.05, 0) is 61.9 Å². The van der Waals surface area contributed by atoms with Crippen LogP contribution in [-0.2, 0) is 0 Å². The Bertz CT molecular complexity index is 1240. The van der Waals surface area contributed by atoms with E-state index in [0.717, 1.165) is 65.8 Å². The second-order valence-corrected chi connectivity index (χ2v) is 8.93. The second-order valence-electron chi connectivity index (χ2n) is 8.93. The van der Waals surface area contributed by atoms with Crippen LogP contribution in [0.3, 0.4) is 0 Å². The second kappa shape index (κ2) is 8.83. The van der Waals surface area contributed by atoms with Crippen molar-refractivity contribution in [3.8, 4) is 34.1 Å². The highest BCUT2D eigenvalue weighted by Gasteiger charge is 2.22. The number of H-pyrrole nitrogens is 1. The van der Waals surface area contributed by atoms with Crippen molar-refractivity contribution in [3.63, 3.8) is 0 Å². The van der Waals surface area contributed by atoms with Crippen molar-refractivity contribution in [2.75, 3.05) is 19.7 Å². The molecule has 1 atom stereocenters. The number of piperidine rings is 1. The Balaban J connectivity index is 1.25. The summed E-state index contributed by atoms with van der Waals surface area (Å²) >= 11 is 0. The molecule has 1 saturated heterocycles. The average molecular weight is 442 g/mol. The smallest absolute Gasteiger partial charge is 0.233 e. The van der Waals surface area contributed by atoms with Gasteiger partial charge in [-0.2, -0.15) is 0 Å². The van der Waals surface area contributed by atoms with Crippen LogP contribution in [0.15, 0.2) is 55.1 Å². The quantitative estimate of drug-likeness (QED) is 0.436. The summed E-state index contributed by atoms with van der Waals surface area (Å²) in [6, 6.07) is 10.4. The number of nitrogens with one attached hydrogen (secondary N) is 2. The maximum atomic E-state index is 6.08. The molecule has 1 saturated carbocycles. The summed E-state index contributed by atoms with van der Waals surface area (Å²) in [5.74, 6) is 1.97. The molecule has 7 nitrogen and oxygen atoms in total. The van der Waals surface area contributed by atoms with E-state index in [0.29, 0.717) is 17.7 Å². The molecule has 2 N–H and O–H groups in total. The average Bonchev–Trinajstić information content (AvgIpc) is 3.60. The number of fused-ring (bicyclic) bond motifs is 1. The van der Waals surface area contributed by atoms with E-state index in [-0.39, 0.29) is 6.10 Å². The number of pyridine rings is 1. The van der Waals surface area contributed by atoms with E-state index < -0.39 is 0 Å². The molecule has 168 valence electrons. The van der Waals surface area contributed by atoms with Gasteiger partial charge in [-0.15, -0.1) is 0 Å². The molecule has 0 amide bonds. The van der Waals surface area contributed by atoms with Gasteiger partial charge in [-0.3, -0.25) is 4.98 Å². The predicted octanol–water partition coefficient (Wildman–Crippen LogP) is 4.61. The zero-order chi connectivity index (χ0) is 22.0. The number of hydrogen-bond donors (Lipinski definition) is 2. The Morgan fingerprint density at radius 3 is 2.73 bits per heavy atom. The molecule has 1 aliphatic carbocycles. The Morgan fingerprint density at radius 1 is 0.970 bits per heavy atom. The third-order valence-electron chi connectivity index (χ3n) is 6.34. The highest BCUT2D eigenvalue weighted by molar-refractivity contribution is 5.97. The topological polar surface area (TPSA) is 85.0 Å². The summed E-state index contributed by atoms with van der Waals surface area (Å²) in [6.45, 7) is 2.67. The minimum Gasteiger partial charge on any atom is -0.477 e. The van der Waals surface area contributed by atoms with Gasteiger partial charge in [0.05, 0.1) is 24.7 Å². The molecule has 7 heteroatoms. The van der Waals surface area contributed by atoms with E-state index in [1.54, 1.807) is 12.4 Å². The van der Waals surface area contributed by atoms with E-state index in [2.05, 4.69) is 44.5 Å². The lowest BCUT2D eigenvalue weighted by molar-refractivity contribution is 0.160. The van der Waals surface area contributed by atoms with E-state index in [9.17, 15) is 0 Å². The minimum atomic E-state index is 0.140. The van der Waals surface area contributed by atoms with Crippen molar-refractivity contribution >= 4 is 10.9 Å². The monoisotopic (exact) mass is 441 g/mol. The van der Waals surface area contributed by atoms with Gasteiger partial charge in [0.2, 0.25) is 11.8 Å². The standard InChI is InChI=1S/C26H27N5O2/c1-2-20(12-27-9-1)33-26-15-28-14-24(31-26)22-13-29-23-7-5-18(10-21(22)23)19-6-8-25(30-11-19)32-16-17-3-4-17/h5-8,10-11,13-15,17,20,27,29H,1-4,9,12,16H2/t20-/m1/s1. The number of benzene rings is 1.